The van der Waals surface area contributed by atoms with Crippen LogP contribution >= 0.6 is 0 Å². The molecular weight excluding hydrogens is 202 g/mol. The van der Waals surface area contributed by atoms with Crippen molar-refractivity contribution in [3.05, 3.63) is 37.5 Å². The van der Waals surface area contributed by atoms with Crippen molar-refractivity contribution in [2.45, 2.75) is 13.3 Å². The molecular formula is C12H17N3O. The summed E-state index contributed by atoms with van der Waals surface area (Å²) in [6.07, 6.45) is 10.6. The Morgan fingerprint density at radius 2 is 2.50 bits per heavy atom. The number of hydrogen-bond acceptors (Lipinski definition) is 3. The summed E-state index contributed by atoms with van der Waals surface area (Å²) in [4.78, 5) is 17.4. The Balaban J connectivity index is 2.68. The van der Waals surface area contributed by atoms with Gasteiger partial charge in [0.05, 0.1) is 0 Å². The summed E-state index contributed by atoms with van der Waals surface area (Å²) in [5, 5.41) is 0. The Hall–Kier alpha value is -1.84. The van der Waals surface area contributed by atoms with E-state index < -0.39 is 0 Å². The zero-order chi connectivity index (χ0) is 12.0. The summed E-state index contributed by atoms with van der Waals surface area (Å²) in [5.41, 5.74) is 5.26. The van der Waals surface area contributed by atoms with Crippen LogP contribution in [0.5, 0.6) is 0 Å². The third-order valence-corrected chi connectivity index (χ3v) is 2.63. The Bertz CT molecular complexity index is 344. The molecule has 1 aliphatic heterocycles. The number of allylic oxidation sites excluding steroid dienone is 1. The molecule has 0 saturated heterocycles. The van der Waals surface area contributed by atoms with Crippen molar-refractivity contribution < 1.29 is 4.79 Å². The van der Waals surface area contributed by atoms with Gasteiger partial charge in [-0.05, 0) is 12.3 Å². The van der Waals surface area contributed by atoms with E-state index in [1.165, 1.54) is 23.5 Å². The van der Waals surface area contributed by atoms with Gasteiger partial charge in [-0.1, -0.05) is 19.6 Å². The van der Waals surface area contributed by atoms with Gasteiger partial charge in [0, 0.05) is 36.9 Å². The maximum atomic E-state index is 12.0. The van der Waals surface area contributed by atoms with Gasteiger partial charge in [0.15, 0.2) is 0 Å². The number of carbonyl (C=O) groups is 1. The molecule has 4 heteroatoms. The molecule has 0 bridgehead atoms. The van der Waals surface area contributed by atoms with E-state index in [0.717, 1.165) is 6.42 Å². The lowest BCUT2D eigenvalue weighted by molar-refractivity contribution is -0.131. The molecule has 0 fully saturated rings. The highest BCUT2D eigenvalue weighted by molar-refractivity contribution is 5.81. The van der Waals surface area contributed by atoms with E-state index in [0.29, 0.717) is 0 Å². The van der Waals surface area contributed by atoms with Crippen molar-refractivity contribution in [1.82, 2.24) is 4.90 Å². The molecule has 0 aromatic rings. The second-order valence-electron chi connectivity index (χ2n) is 3.63. The molecule has 0 saturated carbocycles. The molecule has 86 valence electrons. The standard InChI is InChI=1S/C12H17N3O/c1-3-15(9-6-13)12(16)10(2)11-4-7-14-8-5-11/h3-4,6-11H,1,5,13H2,2H3/b9-6-. The van der Waals surface area contributed by atoms with Gasteiger partial charge < -0.3 is 5.73 Å². The average molecular weight is 219 g/mol. The molecule has 0 aliphatic carbocycles. The van der Waals surface area contributed by atoms with Gasteiger partial charge in [-0.15, -0.1) is 0 Å². The van der Waals surface area contributed by atoms with Crippen LogP contribution in [-0.2, 0) is 4.79 Å². The summed E-state index contributed by atoms with van der Waals surface area (Å²) >= 11 is 0. The van der Waals surface area contributed by atoms with Crippen molar-refractivity contribution in [3.8, 4) is 0 Å². The first kappa shape index (κ1) is 12.2. The van der Waals surface area contributed by atoms with Crippen molar-refractivity contribution in [3.63, 3.8) is 0 Å². The predicted octanol–water partition coefficient (Wildman–Crippen LogP) is 1.63. The lowest BCUT2D eigenvalue weighted by Crippen LogP contribution is -2.31. The molecule has 1 heterocycles. The van der Waals surface area contributed by atoms with Crippen LogP contribution in [0.2, 0.25) is 0 Å². The fourth-order valence-corrected chi connectivity index (χ4v) is 1.59. The minimum absolute atomic E-state index is 0.0124. The minimum atomic E-state index is -0.114. The number of rotatable bonds is 4. The largest absolute Gasteiger partial charge is 0.403 e. The quantitative estimate of drug-likeness (QED) is 0.781. The lowest BCUT2D eigenvalue weighted by atomic mass is 9.89. The Morgan fingerprint density at radius 1 is 1.75 bits per heavy atom. The van der Waals surface area contributed by atoms with E-state index in [-0.39, 0.29) is 17.7 Å². The minimum Gasteiger partial charge on any atom is -0.403 e. The molecule has 0 aromatic heterocycles. The number of carbonyl (C=O) groups excluding carboxylic acids is 1. The van der Waals surface area contributed by atoms with E-state index in [9.17, 15) is 4.79 Å². The van der Waals surface area contributed by atoms with E-state index in [1.54, 1.807) is 6.20 Å². The van der Waals surface area contributed by atoms with E-state index >= 15 is 0 Å². The molecule has 2 unspecified atom stereocenters. The van der Waals surface area contributed by atoms with Crippen molar-refractivity contribution in [2.75, 3.05) is 0 Å². The fourth-order valence-electron chi connectivity index (χ4n) is 1.59. The van der Waals surface area contributed by atoms with Crippen LogP contribution < -0.4 is 5.73 Å². The number of aliphatic imine (C=N–C) groups is 1. The number of amides is 1. The topological polar surface area (TPSA) is 58.7 Å². The van der Waals surface area contributed by atoms with Crippen LogP contribution in [0.1, 0.15) is 13.3 Å². The number of nitrogens with zero attached hydrogens (tertiary/aromatic N) is 2. The molecule has 4 nitrogen and oxygen atoms in total. The summed E-state index contributed by atoms with van der Waals surface area (Å²) in [5.74, 6) is 0.0671. The zero-order valence-electron chi connectivity index (χ0n) is 9.41. The van der Waals surface area contributed by atoms with Gasteiger partial charge in [0.2, 0.25) is 5.91 Å². The molecule has 2 atom stereocenters. The normalized spacial score (nSPS) is 20.9. The third kappa shape index (κ3) is 2.82. The molecule has 1 amide bonds. The Kier molecular flexibility index (Phi) is 4.51. The molecule has 0 spiro atoms. The van der Waals surface area contributed by atoms with Crippen LogP contribution in [0.4, 0.5) is 0 Å². The van der Waals surface area contributed by atoms with Crippen LogP contribution in [0.3, 0.4) is 0 Å². The fraction of sp³-hybridized carbons (Fsp3) is 0.333. The summed E-state index contributed by atoms with van der Waals surface area (Å²) in [6, 6.07) is 0. The van der Waals surface area contributed by atoms with Crippen molar-refractivity contribution in [2.24, 2.45) is 22.6 Å². The highest BCUT2D eigenvalue weighted by atomic mass is 16.2. The van der Waals surface area contributed by atoms with Crippen molar-refractivity contribution >= 4 is 12.1 Å². The molecule has 16 heavy (non-hydrogen) atoms. The third-order valence-electron chi connectivity index (χ3n) is 2.63. The summed E-state index contributed by atoms with van der Waals surface area (Å²) in [6.45, 7) is 5.48. The molecule has 1 aliphatic rings. The Labute approximate surface area is 95.8 Å². The van der Waals surface area contributed by atoms with Gasteiger partial charge in [-0.25, -0.2) is 0 Å². The van der Waals surface area contributed by atoms with Gasteiger partial charge in [-0.3, -0.25) is 14.7 Å². The van der Waals surface area contributed by atoms with Crippen molar-refractivity contribution in [1.29, 1.82) is 0 Å². The van der Waals surface area contributed by atoms with E-state index in [4.69, 9.17) is 5.73 Å². The first-order chi connectivity index (χ1) is 7.70. The van der Waals surface area contributed by atoms with Gasteiger partial charge in [0.25, 0.3) is 0 Å². The maximum Gasteiger partial charge on any atom is 0.234 e. The molecule has 0 aromatic carbocycles. The average Bonchev–Trinajstić information content (AvgIpc) is 2.35. The monoisotopic (exact) mass is 219 g/mol. The number of nitrogens with two attached hydrogens (primary N) is 1. The summed E-state index contributed by atoms with van der Waals surface area (Å²) < 4.78 is 0. The van der Waals surface area contributed by atoms with Crippen LogP contribution in [0, 0.1) is 11.8 Å². The molecule has 0 radical (unpaired) electrons. The number of hydrogen-bond donors (Lipinski definition) is 1. The second-order valence-corrected chi connectivity index (χ2v) is 3.63. The first-order valence-corrected chi connectivity index (χ1v) is 5.22. The SMILES string of the molecule is C=CN(/C=C\N)C(=O)C(C)C1C=CN=CC1. The highest BCUT2D eigenvalue weighted by Crippen LogP contribution is 2.21. The smallest absolute Gasteiger partial charge is 0.234 e. The second kappa shape index (κ2) is 5.90. The first-order valence-electron chi connectivity index (χ1n) is 5.22. The highest BCUT2D eigenvalue weighted by Gasteiger charge is 2.24. The zero-order valence-corrected chi connectivity index (χ0v) is 9.41. The van der Waals surface area contributed by atoms with Crippen LogP contribution in [0.15, 0.2) is 42.4 Å². The Morgan fingerprint density at radius 3 is 3.00 bits per heavy atom. The van der Waals surface area contributed by atoms with Gasteiger partial charge >= 0.3 is 0 Å². The van der Waals surface area contributed by atoms with E-state index in [1.807, 2.05) is 19.2 Å². The van der Waals surface area contributed by atoms with E-state index in [2.05, 4.69) is 11.6 Å². The maximum absolute atomic E-state index is 12.0. The van der Waals surface area contributed by atoms with Crippen LogP contribution in [0.25, 0.3) is 0 Å². The predicted molar refractivity (Wildman–Crippen MR) is 65.3 cm³/mol. The summed E-state index contributed by atoms with van der Waals surface area (Å²) in [7, 11) is 0. The van der Waals surface area contributed by atoms with Gasteiger partial charge in [-0.2, -0.15) is 0 Å². The molecule has 1 rings (SSSR count). The van der Waals surface area contributed by atoms with Crippen LogP contribution in [-0.4, -0.2) is 17.0 Å². The molecule has 2 N–H and O–H groups in total. The van der Waals surface area contributed by atoms with Gasteiger partial charge in [0.1, 0.15) is 0 Å². The lowest BCUT2D eigenvalue weighted by Gasteiger charge is -2.23.